The van der Waals surface area contributed by atoms with Crippen molar-refractivity contribution in [3.63, 3.8) is 0 Å². The Kier molecular flexibility index (Phi) is 14.0. The number of benzene rings is 4. The smallest absolute Gasteiger partial charge is 0.171 e. The van der Waals surface area contributed by atoms with Gasteiger partial charge in [0.05, 0.1) is 0 Å². The average molecular weight is 560 g/mol. The van der Waals surface area contributed by atoms with Crippen LogP contribution in [0.15, 0.2) is 115 Å². The topological polar surface area (TPSA) is 0 Å². The van der Waals surface area contributed by atoms with E-state index in [1.54, 1.807) is 0 Å². The first-order valence-corrected chi connectivity index (χ1v) is 16.2. The zero-order valence-electron chi connectivity index (χ0n) is 21.4. The van der Waals surface area contributed by atoms with Crippen molar-refractivity contribution in [2.75, 3.05) is 0 Å². The van der Waals surface area contributed by atoms with E-state index in [9.17, 15) is 0 Å². The molecule has 0 aromatic heterocycles. The van der Waals surface area contributed by atoms with Crippen LogP contribution in [0.4, 0.5) is 0 Å². The molecule has 0 N–H and O–H groups in total. The number of fused-ring (bicyclic) bond motifs is 3. The van der Waals surface area contributed by atoms with Crippen LogP contribution >= 0.6 is 0 Å². The number of rotatable bonds is 0. The second kappa shape index (κ2) is 17.0. The van der Waals surface area contributed by atoms with E-state index in [4.69, 9.17) is 0 Å². The summed E-state index contributed by atoms with van der Waals surface area (Å²) in [5.41, 5.74) is 7.05. The van der Waals surface area contributed by atoms with Crippen LogP contribution in [0.5, 0.6) is 0 Å². The van der Waals surface area contributed by atoms with E-state index in [1.165, 1.54) is 51.2 Å². The minimum atomic E-state index is 0.184. The van der Waals surface area contributed by atoms with E-state index >= 15 is 0 Å². The molecular formula is C34H32SiZr-4. The first kappa shape index (κ1) is 29.7. The summed E-state index contributed by atoms with van der Waals surface area (Å²) in [5, 5.41) is 0. The molecule has 2 heteroatoms. The first-order valence-electron chi connectivity index (χ1n) is 12.0. The quantitative estimate of drug-likeness (QED) is 0.132. The van der Waals surface area contributed by atoms with Gasteiger partial charge in [0.25, 0.3) is 0 Å². The Labute approximate surface area is 235 Å². The summed E-state index contributed by atoms with van der Waals surface area (Å²) >= 11 is 1.36. The van der Waals surface area contributed by atoms with Gasteiger partial charge >= 0.3 is 30.2 Å². The third kappa shape index (κ3) is 10.6. The van der Waals surface area contributed by atoms with E-state index in [0.29, 0.717) is 0 Å². The molecule has 4 aromatic rings. The number of allylic oxidation sites excluding steroid dienone is 4. The zero-order chi connectivity index (χ0) is 26.1. The molecule has 180 valence electrons. The van der Waals surface area contributed by atoms with Gasteiger partial charge in [-0.3, -0.25) is 6.08 Å². The summed E-state index contributed by atoms with van der Waals surface area (Å²) in [5.74, 6) is 0. The monoisotopic (exact) mass is 558 g/mol. The maximum absolute atomic E-state index is 3.61. The van der Waals surface area contributed by atoms with Gasteiger partial charge in [-0.2, -0.15) is 103 Å². The van der Waals surface area contributed by atoms with Crippen molar-refractivity contribution in [1.82, 2.24) is 0 Å². The number of hydrogen-bond donors (Lipinski definition) is 0. The largest absolute Gasteiger partial charge is 0.184 e. The first-order chi connectivity index (χ1) is 17.6. The van der Waals surface area contributed by atoms with Crippen molar-refractivity contribution < 1.29 is 23.3 Å². The van der Waals surface area contributed by atoms with E-state index in [1.807, 2.05) is 72.8 Å². The van der Waals surface area contributed by atoms with Gasteiger partial charge in [-0.25, -0.2) is 12.2 Å². The maximum Gasteiger partial charge on any atom is -0.171 e. The molecule has 6 rings (SSSR count). The summed E-state index contributed by atoms with van der Waals surface area (Å²) in [6.07, 6.45) is 11.0. The molecule has 2 aliphatic rings. The van der Waals surface area contributed by atoms with Gasteiger partial charge in [0.15, 0.2) is 0 Å². The van der Waals surface area contributed by atoms with Crippen LogP contribution in [0.2, 0.25) is 0 Å². The summed E-state index contributed by atoms with van der Waals surface area (Å²) < 4.78 is 0. The van der Waals surface area contributed by atoms with Crippen LogP contribution in [0.25, 0.3) is 11.1 Å². The molecule has 0 saturated carbocycles. The normalized spacial score (nSPS) is 11.5. The van der Waals surface area contributed by atoms with Crippen LogP contribution in [-0.4, -0.2) is 6.88 Å². The molecule has 0 spiro atoms. The standard InChI is InChI=1S/C17H17.2C6H5.C5H5.Si.Zr/c1-17(2,3)14-8-9-16-13(11-14)10-12-6-4-5-7-15(12)16;2*1-2-4-6-5-3-1;1-2-4-5-3-1;;/h4-9H,10H2,1-3H3;2*1-5H;1-3H,4H2;;/q4*-1;;. The Bertz CT molecular complexity index is 1090. The molecule has 0 fully saturated rings. The van der Waals surface area contributed by atoms with Gasteiger partial charge in [-0.15, -0.1) is 17.5 Å². The van der Waals surface area contributed by atoms with Gasteiger partial charge in [0.2, 0.25) is 0 Å². The van der Waals surface area contributed by atoms with Gasteiger partial charge in [-0.05, 0) is 11.8 Å². The second-order valence-corrected chi connectivity index (χ2v) is 9.01. The average Bonchev–Trinajstić information content (AvgIpc) is 3.64. The molecule has 0 saturated heterocycles. The fourth-order valence-corrected chi connectivity index (χ4v) is 3.52. The molecule has 0 heterocycles. The predicted octanol–water partition coefficient (Wildman–Crippen LogP) is 8.25. The van der Waals surface area contributed by atoms with Gasteiger partial charge in [0, 0.05) is 0 Å². The maximum atomic E-state index is 3.61. The Morgan fingerprint density at radius 3 is 1.75 bits per heavy atom. The van der Waals surface area contributed by atoms with Crippen LogP contribution in [-0.2, 0) is 35.2 Å². The van der Waals surface area contributed by atoms with E-state index in [-0.39, 0.29) is 5.41 Å². The molecule has 2 radical (unpaired) electrons. The van der Waals surface area contributed by atoms with Crippen LogP contribution in [0.1, 0.15) is 43.9 Å². The van der Waals surface area contributed by atoms with Crippen LogP contribution in [0, 0.1) is 24.3 Å². The summed E-state index contributed by atoms with van der Waals surface area (Å²) in [7, 11) is 0. The van der Waals surface area contributed by atoms with Crippen molar-refractivity contribution in [3.05, 3.63) is 156 Å². The molecule has 0 amide bonds. The van der Waals surface area contributed by atoms with Crippen molar-refractivity contribution in [3.8, 4) is 11.1 Å². The fourth-order valence-electron chi connectivity index (χ4n) is 3.52. The molecule has 0 atom stereocenters. The molecule has 36 heavy (non-hydrogen) atoms. The Balaban J connectivity index is 0.000000196. The van der Waals surface area contributed by atoms with Crippen molar-refractivity contribution >= 4 is 6.88 Å². The van der Waals surface area contributed by atoms with Crippen molar-refractivity contribution in [2.45, 2.75) is 39.0 Å². The molecule has 0 bridgehead atoms. The SMILES string of the molecule is CC(C)(C)c1[c-]c2c(cc1)-c1ccccc1C2.[C-]1=CC=CC1.[Si]=[Zr].[c-]1ccccc1.[c-]1ccccc1. The van der Waals surface area contributed by atoms with E-state index in [0.717, 1.165) is 12.8 Å². The Morgan fingerprint density at radius 2 is 1.33 bits per heavy atom. The predicted molar refractivity (Wildman–Crippen MR) is 150 cm³/mol. The summed E-state index contributed by atoms with van der Waals surface area (Å²) in [6, 6.07) is 41.8. The van der Waals surface area contributed by atoms with Crippen molar-refractivity contribution in [2.24, 2.45) is 0 Å². The molecular weight excluding hydrogens is 528 g/mol. The van der Waals surface area contributed by atoms with Gasteiger partial charge in [-0.1, -0.05) is 56.2 Å². The van der Waals surface area contributed by atoms with Crippen LogP contribution < -0.4 is 0 Å². The molecule has 0 unspecified atom stereocenters. The van der Waals surface area contributed by atoms with Crippen LogP contribution in [0.3, 0.4) is 0 Å². The van der Waals surface area contributed by atoms with E-state index < -0.39 is 0 Å². The number of hydrogen-bond acceptors (Lipinski definition) is 0. The zero-order valence-corrected chi connectivity index (χ0v) is 24.8. The second-order valence-electron chi connectivity index (χ2n) is 9.01. The minimum absolute atomic E-state index is 0.184. The molecule has 0 nitrogen and oxygen atoms in total. The Hall–Kier alpha value is -2.54. The van der Waals surface area contributed by atoms with Crippen molar-refractivity contribution in [1.29, 1.82) is 0 Å². The molecule has 0 aliphatic heterocycles. The fraction of sp³-hybridized carbons (Fsp3) is 0.176. The third-order valence-electron chi connectivity index (χ3n) is 5.31. The third-order valence-corrected chi connectivity index (χ3v) is 5.31. The Morgan fingerprint density at radius 1 is 0.722 bits per heavy atom. The minimum Gasteiger partial charge on any atom is -0.184 e. The van der Waals surface area contributed by atoms with Gasteiger partial charge < -0.3 is 0 Å². The summed E-state index contributed by atoms with van der Waals surface area (Å²) in [6.45, 7) is 9.79. The molecule has 4 aromatic carbocycles. The summed E-state index contributed by atoms with van der Waals surface area (Å²) in [4.78, 5) is 0. The van der Waals surface area contributed by atoms with E-state index in [2.05, 4.69) is 94.4 Å². The van der Waals surface area contributed by atoms with Gasteiger partial charge in [0.1, 0.15) is 0 Å². The molecule has 2 aliphatic carbocycles.